The van der Waals surface area contributed by atoms with E-state index >= 15 is 0 Å². The summed E-state index contributed by atoms with van der Waals surface area (Å²) in [5.41, 5.74) is 5.84. The van der Waals surface area contributed by atoms with Crippen LogP contribution in [0.15, 0.2) is 72.2 Å². The number of thiazole rings is 1. The molecule has 25 heteroatoms. The van der Waals surface area contributed by atoms with Crippen molar-refractivity contribution in [2.75, 3.05) is 140 Å². The number of nitrogens with one attached hydrogen (secondary N) is 4. The van der Waals surface area contributed by atoms with Crippen molar-refractivity contribution < 1.29 is 52.5 Å². The number of nitrogens with zero attached hydrogens (tertiary/aromatic N) is 7. The SMILES string of the molecule is CCc1cccc(N(CC)C(=O)Cn2c(C(=O)CC3CCC(C(=O)NCCCCCC(=O)NCCOCCOCCOCCOCCC(=O)NCCOCCN4CCN(c5cc(Cc6ncc(C(=O)Nc7c(C)cccc7Cl)s6)nc(C)n5)CC4)CC3)cc3sccc32)c1. The van der Waals surface area contributed by atoms with Crippen molar-refractivity contribution in [1.82, 2.24) is 40.4 Å². The number of aromatic nitrogens is 4. The van der Waals surface area contributed by atoms with Crippen LogP contribution >= 0.6 is 34.3 Å². The summed E-state index contributed by atoms with van der Waals surface area (Å²) >= 11 is 9.22. The number of carbonyl (C=O) groups is 6. The lowest BCUT2D eigenvalue weighted by Crippen LogP contribution is -2.47. The monoisotopic (exact) mass is 1350 g/mol. The molecule has 1 saturated heterocycles. The van der Waals surface area contributed by atoms with E-state index in [4.69, 9.17) is 40.3 Å². The lowest BCUT2D eigenvalue weighted by atomic mass is 9.79. The molecule has 2 fully saturated rings. The molecule has 0 atom stereocenters. The van der Waals surface area contributed by atoms with Crippen LogP contribution in [0.2, 0.25) is 5.02 Å². The van der Waals surface area contributed by atoms with Gasteiger partial charge in [0.05, 0.1) is 110 Å². The molecule has 6 aromatic rings. The first kappa shape index (κ1) is 73.1. The summed E-state index contributed by atoms with van der Waals surface area (Å²) in [5.74, 6) is 1.37. The van der Waals surface area contributed by atoms with Gasteiger partial charge in [0, 0.05) is 102 Å². The molecule has 8 rings (SSSR count). The Morgan fingerprint density at radius 2 is 1.40 bits per heavy atom. The fourth-order valence-electron chi connectivity index (χ4n) is 11.6. The molecule has 0 unspecified atom stereocenters. The van der Waals surface area contributed by atoms with Crippen LogP contribution in [0.5, 0.6) is 0 Å². The number of rotatable bonds is 41. The number of carbonyl (C=O) groups excluding carboxylic acids is 6. The molecule has 94 heavy (non-hydrogen) atoms. The van der Waals surface area contributed by atoms with Crippen molar-refractivity contribution in [3.8, 4) is 0 Å². The molecule has 5 amide bonds. The second-order valence-electron chi connectivity index (χ2n) is 23.7. The average Bonchev–Trinajstić information content (AvgIpc) is 1.63. The number of hydrogen-bond donors (Lipinski definition) is 4. The van der Waals surface area contributed by atoms with Crippen LogP contribution in [0.1, 0.15) is 126 Å². The zero-order valence-electron chi connectivity index (χ0n) is 55.0. The van der Waals surface area contributed by atoms with Crippen LogP contribution in [0.4, 0.5) is 17.2 Å². The molecule has 1 saturated carbocycles. The molecule has 510 valence electrons. The first-order valence-corrected chi connectivity index (χ1v) is 35.3. The smallest absolute Gasteiger partial charge is 0.267 e. The Morgan fingerprint density at radius 3 is 2.12 bits per heavy atom. The number of likely N-dealkylation sites (N-methyl/N-ethyl adjacent to an activating group) is 1. The van der Waals surface area contributed by atoms with E-state index in [2.05, 4.69) is 60.1 Å². The van der Waals surface area contributed by atoms with Crippen molar-refractivity contribution >= 4 is 97.0 Å². The fourth-order valence-corrected chi connectivity index (χ4v) is 13.5. The summed E-state index contributed by atoms with van der Waals surface area (Å²) in [4.78, 5) is 99.1. The maximum absolute atomic E-state index is 13.9. The molecule has 2 aromatic carbocycles. The number of fused-ring (bicyclic) bond motifs is 1. The molecule has 4 aromatic heterocycles. The van der Waals surface area contributed by atoms with Gasteiger partial charge in [-0.15, -0.1) is 22.7 Å². The van der Waals surface area contributed by atoms with E-state index < -0.39 is 0 Å². The summed E-state index contributed by atoms with van der Waals surface area (Å²) in [7, 11) is 0. The Kier molecular flexibility index (Phi) is 30.6. The van der Waals surface area contributed by atoms with Crippen molar-refractivity contribution in [2.45, 2.75) is 111 Å². The number of hydrogen-bond acceptors (Lipinski definition) is 18. The van der Waals surface area contributed by atoms with Gasteiger partial charge in [-0.3, -0.25) is 33.7 Å². The number of Topliss-reactive ketones (excluding diaryl/α,β-unsaturated/α-hetero) is 1. The molecule has 0 radical (unpaired) electrons. The third-order valence-corrected chi connectivity index (χ3v) is 19.0. The van der Waals surface area contributed by atoms with Gasteiger partial charge in [-0.05, 0) is 118 Å². The predicted molar refractivity (Wildman–Crippen MR) is 369 cm³/mol. The van der Waals surface area contributed by atoms with Crippen LogP contribution in [-0.4, -0.2) is 185 Å². The van der Waals surface area contributed by atoms with Crippen molar-refractivity contribution in [2.24, 2.45) is 11.8 Å². The van der Waals surface area contributed by atoms with Gasteiger partial charge in [0.15, 0.2) is 5.78 Å². The third-order valence-electron chi connectivity index (χ3n) is 16.8. The average molecular weight is 1350 g/mol. The maximum Gasteiger partial charge on any atom is 0.267 e. The topological polar surface area (TPSA) is 250 Å². The summed E-state index contributed by atoms with van der Waals surface area (Å²) in [5, 5.41) is 15.0. The summed E-state index contributed by atoms with van der Waals surface area (Å²) in [6, 6.07) is 19.5. The van der Waals surface area contributed by atoms with E-state index in [0.717, 1.165) is 122 Å². The van der Waals surface area contributed by atoms with E-state index in [-0.39, 0.29) is 60.1 Å². The van der Waals surface area contributed by atoms with Crippen LogP contribution in [0.3, 0.4) is 0 Å². The highest BCUT2D eigenvalue weighted by Crippen LogP contribution is 2.34. The highest BCUT2D eigenvalue weighted by atomic mass is 35.5. The van der Waals surface area contributed by atoms with E-state index in [1.807, 2.05) is 73.2 Å². The first-order valence-electron chi connectivity index (χ1n) is 33.3. The minimum atomic E-state index is -0.251. The molecule has 0 spiro atoms. The number of anilines is 3. The highest BCUT2D eigenvalue weighted by molar-refractivity contribution is 7.17. The lowest BCUT2D eigenvalue weighted by Gasteiger charge is -2.35. The Bertz CT molecular complexity index is 3360. The van der Waals surface area contributed by atoms with Crippen LogP contribution in [-0.2, 0) is 62.2 Å². The van der Waals surface area contributed by atoms with Gasteiger partial charge in [0.1, 0.15) is 23.1 Å². The van der Waals surface area contributed by atoms with Crippen LogP contribution in [0, 0.1) is 25.7 Å². The number of ketones is 1. The number of piperazine rings is 1. The molecule has 22 nitrogen and oxygen atoms in total. The second kappa shape index (κ2) is 39.3. The Balaban J connectivity index is 0.547. The molecule has 5 heterocycles. The summed E-state index contributed by atoms with van der Waals surface area (Å²) in [6.07, 6.45) is 9.48. The van der Waals surface area contributed by atoms with E-state index in [1.165, 1.54) is 16.9 Å². The molecule has 1 aliphatic heterocycles. The number of halogens is 1. The van der Waals surface area contributed by atoms with E-state index in [0.29, 0.717) is 139 Å². The predicted octanol–water partition coefficient (Wildman–Crippen LogP) is 9.26. The zero-order valence-corrected chi connectivity index (χ0v) is 57.4. The number of para-hydroxylation sites is 1. The van der Waals surface area contributed by atoms with Gasteiger partial charge in [-0.25, -0.2) is 15.0 Å². The van der Waals surface area contributed by atoms with Crippen molar-refractivity contribution in [3.63, 3.8) is 0 Å². The number of aryl methyl sites for hydroxylation is 3. The minimum absolute atomic E-state index is 0.0261. The second-order valence-corrected chi connectivity index (χ2v) is 26.2. The Morgan fingerprint density at radius 1 is 0.713 bits per heavy atom. The summed E-state index contributed by atoms with van der Waals surface area (Å²) in [6.45, 7) is 18.1. The number of amides is 5. The molecular formula is C69H94ClN11O11S2. The van der Waals surface area contributed by atoms with Gasteiger partial charge in [-0.2, -0.15) is 0 Å². The minimum Gasteiger partial charge on any atom is -0.379 e. The number of thiophene rings is 1. The Hall–Kier alpha value is -6.74. The molecule has 4 N–H and O–H groups in total. The van der Waals surface area contributed by atoms with Gasteiger partial charge in [0.2, 0.25) is 23.6 Å². The largest absolute Gasteiger partial charge is 0.379 e. The number of unbranched alkanes of at least 4 members (excludes halogenated alkanes) is 2. The van der Waals surface area contributed by atoms with Gasteiger partial charge in [0.25, 0.3) is 5.91 Å². The zero-order chi connectivity index (χ0) is 66.4. The van der Waals surface area contributed by atoms with Gasteiger partial charge in [-0.1, -0.05) is 49.2 Å². The highest BCUT2D eigenvalue weighted by Gasteiger charge is 2.30. The maximum atomic E-state index is 13.9. The van der Waals surface area contributed by atoms with E-state index in [9.17, 15) is 28.8 Å². The Labute approximate surface area is 565 Å². The quantitative estimate of drug-likeness (QED) is 0.0206. The van der Waals surface area contributed by atoms with Crippen LogP contribution in [0.25, 0.3) is 10.2 Å². The molecule has 2 aliphatic rings. The number of benzene rings is 2. The normalized spacial score (nSPS) is 15.1. The lowest BCUT2D eigenvalue weighted by molar-refractivity contribution is -0.126. The third kappa shape index (κ3) is 23.6. The van der Waals surface area contributed by atoms with Gasteiger partial charge >= 0.3 is 0 Å². The standard InChI is InChI=1S/C69H94ClN11O11S2/c1-5-51-13-11-14-55(42-51)80(6-2)66(85)48-81-57-22-41-93-60(57)46-58(81)59(82)43-52-17-19-53(20-18-52)68(86)73-23-9-7-8-16-63(83)71-25-33-90-36-38-92-40-39-91-37-35-88-31-21-64(84)72-24-32-89-34-30-78-26-28-79(29-27-78)62-44-54(75-50(4)76-62)45-65-74-47-61(94-65)69(87)77-67-49(3)12-10-15-56(67)70/h10-15,22,41-42,44,46-47,52-53H,5-9,16-21,23-40,43,45,48H2,1-4H3,(H,71,83)(H,72,84)(H,73,86)(H,77,87). The molecule has 0 bridgehead atoms. The van der Waals surface area contributed by atoms with E-state index in [1.54, 1.807) is 28.5 Å². The number of ether oxygens (including phenoxy) is 5. The molecular weight excluding hydrogens is 1260 g/mol. The molecule has 1 aliphatic carbocycles. The van der Waals surface area contributed by atoms with Crippen molar-refractivity contribution in [1.29, 1.82) is 0 Å². The van der Waals surface area contributed by atoms with Crippen molar-refractivity contribution in [3.05, 3.63) is 115 Å². The van der Waals surface area contributed by atoms with Gasteiger partial charge < -0.3 is 59.3 Å². The fraction of sp³-hybridized carbons (Fsp3) is 0.551. The summed E-state index contributed by atoms with van der Waals surface area (Å²) < 4.78 is 31.0. The van der Waals surface area contributed by atoms with Crippen LogP contribution < -0.4 is 31.1 Å². The first-order chi connectivity index (χ1) is 45.7.